The van der Waals surface area contributed by atoms with Gasteiger partial charge in [0.2, 0.25) is 5.91 Å². The van der Waals surface area contributed by atoms with Crippen molar-refractivity contribution in [2.24, 2.45) is 10.7 Å². The first kappa shape index (κ1) is 13.8. The van der Waals surface area contributed by atoms with E-state index in [9.17, 15) is 4.79 Å². The zero-order valence-corrected chi connectivity index (χ0v) is 10.9. The van der Waals surface area contributed by atoms with Gasteiger partial charge in [-0.3, -0.25) is 4.79 Å². The summed E-state index contributed by atoms with van der Waals surface area (Å²) in [6, 6.07) is 0.150. The summed E-state index contributed by atoms with van der Waals surface area (Å²) in [5.41, 5.74) is 5.89. The lowest BCUT2D eigenvalue weighted by molar-refractivity contribution is -0.120. The lowest BCUT2D eigenvalue weighted by Crippen LogP contribution is -2.39. The van der Waals surface area contributed by atoms with Gasteiger partial charge in [-0.1, -0.05) is 12.8 Å². The molecule has 0 aromatic heterocycles. The highest BCUT2D eigenvalue weighted by Gasteiger charge is 2.11. The average Bonchev–Trinajstić information content (AvgIpc) is 2.53. The first-order valence-corrected chi connectivity index (χ1v) is 6.44. The number of carbonyl (C=O) groups excluding carboxylic acids is 1. The molecule has 1 heterocycles. The number of aliphatic imine (C=N–C) groups is 1. The fourth-order valence-electron chi connectivity index (χ4n) is 1.92. The third-order valence-electron chi connectivity index (χ3n) is 2.76. The molecule has 0 spiro atoms. The van der Waals surface area contributed by atoms with E-state index in [0.717, 1.165) is 25.9 Å². The maximum atomic E-state index is 11.4. The van der Waals surface area contributed by atoms with Crippen LogP contribution in [0.3, 0.4) is 0 Å². The molecular weight excluding hydrogens is 216 g/mol. The highest BCUT2D eigenvalue weighted by Crippen LogP contribution is 2.08. The van der Waals surface area contributed by atoms with Crippen molar-refractivity contribution in [1.82, 2.24) is 10.2 Å². The highest BCUT2D eigenvalue weighted by molar-refractivity contribution is 5.84. The molecule has 5 nitrogen and oxygen atoms in total. The quantitative estimate of drug-likeness (QED) is 0.563. The van der Waals surface area contributed by atoms with E-state index in [-0.39, 0.29) is 18.5 Å². The predicted molar refractivity (Wildman–Crippen MR) is 69.8 cm³/mol. The number of nitrogens with two attached hydrogens (primary N) is 1. The van der Waals surface area contributed by atoms with E-state index >= 15 is 0 Å². The summed E-state index contributed by atoms with van der Waals surface area (Å²) >= 11 is 0. The second kappa shape index (κ2) is 7.14. The number of nitrogens with one attached hydrogen (secondary N) is 1. The Morgan fingerprint density at radius 1 is 1.29 bits per heavy atom. The molecule has 1 saturated heterocycles. The fourth-order valence-corrected chi connectivity index (χ4v) is 1.92. The fraction of sp³-hybridized carbons (Fsp3) is 0.833. The predicted octanol–water partition coefficient (Wildman–Crippen LogP) is 0.702. The molecule has 0 aromatic rings. The smallest absolute Gasteiger partial charge is 0.242 e. The molecule has 5 heteroatoms. The van der Waals surface area contributed by atoms with Crippen molar-refractivity contribution in [2.45, 2.75) is 45.6 Å². The largest absolute Gasteiger partial charge is 0.370 e. The molecule has 1 rings (SSSR count). The molecule has 1 fully saturated rings. The van der Waals surface area contributed by atoms with Crippen LogP contribution in [0.25, 0.3) is 0 Å². The molecule has 98 valence electrons. The molecule has 0 atom stereocenters. The lowest BCUT2D eigenvalue weighted by atomic mass is 10.2. The maximum Gasteiger partial charge on any atom is 0.242 e. The number of hydrogen-bond donors (Lipinski definition) is 2. The Hall–Kier alpha value is -1.26. The van der Waals surface area contributed by atoms with Crippen LogP contribution < -0.4 is 11.1 Å². The maximum absolute atomic E-state index is 11.4. The van der Waals surface area contributed by atoms with Crippen molar-refractivity contribution in [3.63, 3.8) is 0 Å². The summed E-state index contributed by atoms with van der Waals surface area (Å²) in [6.07, 6.45) is 4.85. The van der Waals surface area contributed by atoms with E-state index in [1.54, 1.807) is 0 Å². The second-order valence-electron chi connectivity index (χ2n) is 4.80. The van der Waals surface area contributed by atoms with Crippen LogP contribution in [0.5, 0.6) is 0 Å². The molecule has 0 bridgehead atoms. The van der Waals surface area contributed by atoms with Gasteiger partial charge in [-0.15, -0.1) is 0 Å². The van der Waals surface area contributed by atoms with Crippen molar-refractivity contribution in [3.8, 4) is 0 Å². The molecule has 1 amide bonds. The van der Waals surface area contributed by atoms with Crippen LogP contribution in [0, 0.1) is 0 Å². The first-order chi connectivity index (χ1) is 8.09. The van der Waals surface area contributed by atoms with Gasteiger partial charge in [0.15, 0.2) is 5.96 Å². The number of nitrogens with zero attached hydrogens (tertiary/aromatic N) is 2. The molecular formula is C12H24N4O. The monoisotopic (exact) mass is 240 g/mol. The normalized spacial score (nSPS) is 18.1. The van der Waals surface area contributed by atoms with Crippen LogP contribution in [0.15, 0.2) is 4.99 Å². The van der Waals surface area contributed by atoms with Crippen LogP contribution >= 0.6 is 0 Å². The first-order valence-electron chi connectivity index (χ1n) is 6.44. The zero-order valence-electron chi connectivity index (χ0n) is 10.9. The SMILES string of the molecule is CC(C)NC(=O)CN=C(N)N1CCCCCC1. The van der Waals surface area contributed by atoms with Gasteiger partial charge in [0, 0.05) is 19.1 Å². The van der Waals surface area contributed by atoms with Crippen LogP contribution in [0.1, 0.15) is 39.5 Å². The summed E-state index contributed by atoms with van der Waals surface area (Å²) in [6.45, 7) is 5.91. The Kier molecular flexibility index (Phi) is 5.80. The third-order valence-corrected chi connectivity index (χ3v) is 2.76. The van der Waals surface area contributed by atoms with E-state index in [1.165, 1.54) is 12.8 Å². The summed E-state index contributed by atoms with van der Waals surface area (Å²) in [5, 5.41) is 2.79. The van der Waals surface area contributed by atoms with E-state index < -0.39 is 0 Å². The molecule has 0 unspecified atom stereocenters. The number of rotatable bonds is 3. The van der Waals surface area contributed by atoms with Crippen molar-refractivity contribution in [3.05, 3.63) is 0 Å². The van der Waals surface area contributed by atoms with Gasteiger partial charge in [-0.2, -0.15) is 0 Å². The standard InChI is InChI=1S/C12H24N4O/c1-10(2)15-11(17)9-14-12(13)16-7-5-3-4-6-8-16/h10H,3-9H2,1-2H3,(H2,13,14)(H,15,17). The molecule has 0 aliphatic carbocycles. The van der Waals surface area contributed by atoms with E-state index in [0.29, 0.717) is 5.96 Å². The lowest BCUT2D eigenvalue weighted by Gasteiger charge is -2.21. The van der Waals surface area contributed by atoms with Gasteiger partial charge in [0.25, 0.3) is 0 Å². The average molecular weight is 240 g/mol. The van der Waals surface area contributed by atoms with Crippen LogP contribution in [-0.4, -0.2) is 42.4 Å². The minimum absolute atomic E-state index is 0.0715. The Bertz CT molecular complexity index is 268. The zero-order chi connectivity index (χ0) is 12.7. The van der Waals surface area contributed by atoms with Crippen LogP contribution in [-0.2, 0) is 4.79 Å². The third kappa shape index (κ3) is 5.56. The van der Waals surface area contributed by atoms with Gasteiger partial charge in [-0.25, -0.2) is 4.99 Å². The van der Waals surface area contributed by atoms with Gasteiger partial charge >= 0.3 is 0 Å². The summed E-state index contributed by atoms with van der Waals surface area (Å²) in [5.74, 6) is 0.434. The van der Waals surface area contributed by atoms with Gasteiger partial charge in [0.1, 0.15) is 6.54 Å². The Labute approximate surface area is 103 Å². The number of guanidine groups is 1. The van der Waals surface area contributed by atoms with E-state index in [2.05, 4.69) is 15.2 Å². The molecule has 1 aliphatic rings. The van der Waals surface area contributed by atoms with Crippen molar-refractivity contribution in [1.29, 1.82) is 0 Å². The summed E-state index contributed by atoms with van der Waals surface area (Å²) < 4.78 is 0. The van der Waals surface area contributed by atoms with Gasteiger partial charge < -0.3 is 16.0 Å². The Balaban J connectivity index is 2.39. The highest BCUT2D eigenvalue weighted by atomic mass is 16.1. The molecule has 0 saturated carbocycles. The van der Waals surface area contributed by atoms with Gasteiger partial charge in [-0.05, 0) is 26.7 Å². The van der Waals surface area contributed by atoms with Crippen LogP contribution in [0.2, 0.25) is 0 Å². The topological polar surface area (TPSA) is 70.7 Å². The second-order valence-corrected chi connectivity index (χ2v) is 4.80. The van der Waals surface area contributed by atoms with E-state index in [1.807, 2.05) is 13.8 Å². The Morgan fingerprint density at radius 3 is 2.41 bits per heavy atom. The number of amides is 1. The van der Waals surface area contributed by atoms with Crippen molar-refractivity contribution >= 4 is 11.9 Å². The minimum atomic E-state index is -0.0715. The van der Waals surface area contributed by atoms with E-state index in [4.69, 9.17) is 5.73 Å². The van der Waals surface area contributed by atoms with Crippen molar-refractivity contribution in [2.75, 3.05) is 19.6 Å². The van der Waals surface area contributed by atoms with Crippen LogP contribution in [0.4, 0.5) is 0 Å². The number of likely N-dealkylation sites (tertiary alicyclic amines) is 1. The summed E-state index contributed by atoms with van der Waals surface area (Å²) in [7, 11) is 0. The molecule has 17 heavy (non-hydrogen) atoms. The Morgan fingerprint density at radius 2 is 1.88 bits per heavy atom. The number of carbonyl (C=O) groups is 1. The van der Waals surface area contributed by atoms with Gasteiger partial charge in [0.05, 0.1) is 0 Å². The number of hydrogen-bond acceptors (Lipinski definition) is 2. The molecule has 0 radical (unpaired) electrons. The molecule has 3 N–H and O–H groups in total. The van der Waals surface area contributed by atoms with Crippen molar-refractivity contribution < 1.29 is 4.79 Å². The minimum Gasteiger partial charge on any atom is -0.370 e. The molecule has 0 aromatic carbocycles. The molecule has 1 aliphatic heterocycles. The summed E-state index contributed by atoms with van der Waals surface area (Å²) in [4.78, 5) is 17.6.